The summed E-state index contributed by atoms with van der Waals surface area (Å²) in [6.07, 6.45) is 2.55. The highest BCUT2D eigenvalue weighted by atomic mass is 127. The molecule has 0 spiro atoms. The molecule has 1 aromatic heterocycles. The standard InChI is InChI=1S/C13H8FIN3P/c14-13-12-10(7-16)9(4-3-8-1-2-8)5-6-11(12)18(17-13)19-15/h5-6,8,19H,1-2H2. The van der Waals surface area contributed by atoms with Crippen molar-refractivity contribution in [1.82, 2.24) is 9.55 Å². The van der Waals surface area contributed by atoms with Gasteiger partial charge in [-0.2, -0.15) is 9.65 Å². The van der Waals surface area contributed by atoms with Gasteiger partial charge >= 0.3 is 0 Å². The molecule has 6 heteroatoms. The van der Waals surface area contributed by atoms with Crippen molar-refractivity contribution in [3.8, 4) is 17.9 Å². The minimum Gasteiger partial charge on any atom is -0.234 e. The van der Waals surface area contributed by atoms with E-state index < -0.39 is 5.95 Å². The van der Waals surface area contributed by atoms with Gasteiger partial charge in [0.1, 0.15) is 6.07 Å². The van der Waals surface area contributed by atoms with E-state index in [2.05, 4.69) is 45.0 Å². The second-order valence-corrected chi connectivity index (χ2v) is 6.36. The summed E-state index contributed by atoms with van der Waals surface area (Å²) in [7, 11) is 0. The summed E-state index contributed by atoms with van der Waals surface area (Å²) >= 11 is 2.13. The maximum atomic E-state index is 13.9. The molecule has 0 aliphatic heterocycles. The van der Waals surface area contributed by atoms with Crippen molar-refractivity contribution in [2.24, 2.45) is 5.92 Å². The van der Waals surface area contributed by atoms with Crippen LogP contribution in [0.1, 0.15) is 24.0 Å². The maximum Gasteiger partial charge on any atom is 0.242 e. The SMILES string of the molecule is N#Cc1c(C#CC2CC2)ccc2c1c(F)nn2PI. The van der Waals surface area contributed by atoms with Gasteiger partial charge < -0.3 is 0 Å². The Labute approximate surface area is 124 Å². The fourth-order valence-corrected chi connectivity index (χ4v) is 3.37. The number of nitrogens with zero attached hydrogens (tertiary/aromatic N) is 3. The molecule has 0 saturated heterocycles. The molecule has 0 N–H and O–H groups in total. The summed E-state index contributed by atoms with van der Waals surface area (Å²) in [4.78, 5) is 0. The third-order valence-corrected chi connectivity index (χ3v) is 4.86. The Balaban J connectivity index is 2.23. The highest BCUT2D eigenvalue weighted by Gasteiger charge is 2.19. The van der Waals surface area contributed by atoms with Gasteiger partial charge in [0.25, 0.3) is 0 Å². The van der Waals surface area contributed by atoms with E-state index in [0.717, 1.165) is 12.8 Å². The Morgan fingerprint density at radius 2 is 2.26 bits per heavy atom. The lowest BCUT2D eigenvalue weighted by molar-refractivity contribution is 0.583. The summed E-state index contributed by atoms with van der Waals surface area (Å²) in [6, 6.07) is 5.63. The fraction of sp³-hybridized carbons (Fsp3) is 0.231. The molecule has 1 fully saturated rings. The van der Waals surface area contributed by atoms with Crippen LogP contribution in [0.3, 0.4) is 0 Å². The van der Waals surface area contributed by atoms with Gasteiger partial charge in [0.15, 0.2) is 0 Å². The highest BCUT2D eigenvalue weighted by molar-refractivity contribution is 14.2. The minimum absolute atomic E-state index is 0.286. The number of hydrogen-bond donors (Lipinski definition) is 0. The smallest absolute Gasteiger partial charge is 0.234 e. The zero-order valence-electron chi connectivity index (χ0n) is 9.74. The number of benzene rings is 1. The van der Waals surface area contributed by atoms with Gasteiger partial charge in [-0.3, -0.25) is 0 Å². The quantitative estimate of drug-likeness (QED) is 0.429. The zero-order chi connectivity index (χ0) is 13.4. The Hall–Kier alpha value is -1.17. The van der Waals surface area contributed by atoms with Gasteiger partial charge in [0, 0.05) is 11.5 Å². The predicted molar refractivity (Wildman–Crippen MR) is 81.7 cm³/mol. The molecule has 2 aromatic rings. The van der Waals surface area contributed by atoms with Crippen LogP contribution in [0.5, 0.6) is 0 Å². The van der Waals surface area contributed by atoms with E-state index in [-0.39, 0.29) is 5.39 Å². The van der Waals surface area contributed by atoms with E-state index in [1.807, 2.05) is 0 Å². The monoisotopic (exact) mass is 383 g/mol. The lowest BCUT2D eigenvalue weighted by Gasteiger charge is -1.99. The first-order chi connectivity index (χ1) is 9.24. The van der Waals surface area contributed by atoms with E-state index in [9.17, 15) is 9.65 Å². The molecule has 1 heterocycles. The number of halogens is 2. The van der Waals surface area contributed by atoms with Gasteiger partial charge in [-0.1, -0.05) is 11.8 Å². The topological polar surface area (TPSA) is 41.6 Å². The van der Waals surface area contributed by atoms with Crippen molar-refractivity contribution in [2.45, 2.75) is 12.8 Å². The first kappa shape index (κ1) is 12.8. The van der Waals surface area contributed by atoms with Crippen LogP contribution in [0, 0.1) is 35.0 Å². The molecular formula is C13H8FIN3P. The Kier molecular flexibility index (Phi) is 3.43. The lowest BCUT2D eigenvalue weighted by atomic mass is 10.0. The van der Waals surface area contributed by atoms with Crippen LogP contribution in [-0.4, -0.2) is 9.55 Å². The summed E-state index contributed by atoms with van der Waals surface area (Å²) in [5, 5.41) is 13.4. The fourth-order valence-electron chi connectivity index (χ4n) is 1.86. The van der Waals surface area contributed by atoms with Crippen molar-refractivity contribution in [2.75, 3.05) is 0 Å². The second-order valence-electron chi connectivity index (χ2n) is 4.32. The maximum absolute atomic E-state index is 13.9. The summed E-state index contributed by atoms with van der Waals surface area (Å²) < 4.78 is 15.5. The molecule has 19 heavy (non-hydrogen) atoms. The number of aromatic nitrogens is 2. The molecular weight excluding hydrogens is 375 g/mol. The summed E-state index contributed by atoms with van der Waals surface area (Å²) in [5.74, 6) is 5.96. The molecule has 3 nitrogen and oxygen atoms in total. The third kappa shape index (κ3) is 2.33. The van der Waals surface area contributed by atoms with Crippen LogP contribution < -0.4 is 0 Å². The van der Waals surface area contributed by atoms with Crippen LogP contribution in [0.15, 0.2) is 12.1 Å². The molecule has 1 atom stereocenters. The Bertz CT molecular complexity index is 762. The van der Waals surface area contributed by atoms with Crippen molar-refractivity contribution >= 4 is 39.3 Å². The summed E-state index contributed by atoms with van der Waals surface area (Å²) in [6.45, 7) is 0. The van der Waals surface area contributed by atoms with Crippen molar-refractivity contribution in [3.63, 3.8) is 0 Å². The van der Waals surface area contributed by atoms with E-state index in [1.54, 1.807) is 16.6 Å². The van der Waals surface area contributed by atoms with Gasteiger partial charge in [-0.05, 0) is 47.0 Å². The van der Waals surface area contributed by atoms with Gasteiger partial charge in [0.2, 0.25) is 5.95 Å². The predicted octanol–water partition coefficient (Wildman–Crippen LogP) is 3.60. The lowest BCUT2D eigenvalue weighted by Crippen LogP contribution is -1.87. The second kappa shape index (κ2) is 5.07. The molecule has 1 unspecified atom stereocenters. The molecule has 1 aliphatic carbocycles. The van der Waals surface area contributed by atoms with Gasteiger partial charge in [-0.15, -0.1) is 5.10 Å². The van der Waals surface area contributed by atoms with Crippen molar-refractivity contribution < 1.29 is 4.39 Å². The van der Waals surface area contributed by atoms with Crippen molar-refractivity contribution in [3.05, 3.63) is 29.2 Å². The Morgan fingerprint density at radius 3 is 2.89 bits per heavy atom. The van der Waals surface area contributed by atoms with E-state index >= 15 is 0 Å². The van der Waals surface area contributed by atoms with Crippen LogP contribution in [0.25, 0.3) is 10.9 Å². The average molecular weight is 383 g/mol. The molecule has 0 bridgehead atoms. The van der Waals surface area contributed by atoms with Crippen LogP contribution in [-0.2, 0) is 0 Å². The number of hydrogen-bond acceptors (Lipinski definition) is 2. The average Bonchev–Trinajstić information content (AvgIpc) is 3.20. The Morgan fingerprint density at radius 1 is 1.47 bits per heavy atom. The molecule has 0 radical (unpaired) electrons. The molecule has 94 valence electrons. The molecule has 0 amide bonds. The molecule has 1 saturated carbocycles. The van der Waals surface area contributed by atoms with Crippen LogP contribution in [0.4, 0.5) is 4.39 Å². The number of rotatable bonds is 1. The first-order valence-corrected chi connectivity index (χ1v) is 9.80. The van der Waals surface area contributed by atoms with Crippen molar-refractivity contribution in [1.29, 1.82) is 5.26 Å². The number of nitriles is 1. The normalized spacial score (nSPS) is 14.6. The highest BCUT2D eigenvalue weighted by Crippen LogP contribution is 2.32. The first-order valence-electron chi connectivity index (χ1n) is 5.74. The molecule has 1 aromatic carbocycles. The summed E-state index contributed by atoms with van der Waals surface area (Å²) in [5.41, 5.74) is 1.54. The molecule has 3 rings (SSSR count). The van der Waals surface area contributed by atoms with Crippen LogP contribution >= 0.6 is 28.4 Å². The largest absolute Gasteiger partial charge is 0.242 e. The van der Waals surface area contributed by atoms with E-state index in [0.29, 0.717) is 28.9 Å². The van der Waals surface area contributed by atoms with Crippen LogP contribution in [0.2, 0.25) is 0 Å². The van der Waals surface area contributed by atoms with Gasteiger partial charge in [-0.25, -0.2) is 4.45 Å². The number of fused-ring (bicyclic) bond motifs is 1. The minimum atomic E-state index is -0.592. The van der Waals surface area contributed by atoms with E-state index in [1.165, 1.54) is 0 Å². The zero-order valence-corrected chi connectivity index (χ0v) is 12.9. The third-order valence-electron chi connectivity index (χ3n) is 2.99. The molecule has 1 aliphatic rings. The van der Waals surface area contributed by atoms with E-state index in [4.69, 9.17) is 0 Å². The van der Waals surface area contributed by atoms with Gasteiger partial charge in [0.05, 0.1) is 22.8 Å².